The largest absolute Gasteiger partial charge is 0.496 e. The molecule has 0 unspecified atom stereocenters. The number of sulfone groups is 1. The Balaban J connectivity index is 1.58. The van der Waals surface area contributed by atoms with Crippen LogP contribution in [0.15, 0.2) is 41.3 Å². The number of hydrogen-bond donors (Lipinski definition) is 1. The maximum Gasteiger partial charge on any atom is 0.341 e. The van der Waals surface area contributed by atoms with Crippen LogP contribution in [-0.2, 0) is 38.8 Å². The maximum absolute atomic E-state index is 12.6. The smallest absolute Gasteiger partial charge is 0.341 e. The molecule has 0 saturated heterocycles. The van der Waals surface area contributed by atoms with Crippen molar-refractivity contribution < 1.29 is 27.5 Å². The molecule has 3 rings (SSSR count). The zero-order valence-electron chi connectivity index (χ0n) is 17.1. The van der Waals surface area contributed by atoms with Crippen LogP contribution >= 0.6 is 0 Å². The van der Waals surface area contributed by atoms with Gasteiger partial charge in [-0.05, 0) is 60.2 Å². The molecule has 0 aliphatic heterocycles. The molecule has 1 N–H and O–H groups in total. The number of methoxy groups -OCH3 is 2. The molecule has 1 aliphatic carbocycles. The number of carbonyl (C=O) groups excluding carboxylic acids is 2. The molecule has 2 aromatic carbocycles. The molecule has 0 aromatic heterocycles. The summed E-state index contributed by atoms with van der Waals surface area (Å²) in [6.07, 6.45) is 2.79. The van der Waals surface area contributed by atoms with E-state index in [0.29, 0.717) is 11.3 Å². The van der Waals surface area contributed by atoms with E-state index in [-0.39, 0.29) is 35.1 Å². The van der Waals surface area contributed by atoms with Gasteiger partial charge in [0.15, 0.2) is 9.84 Å². The molecule has 30 heavy (non-hydrogen) atoms. The van der Waals surface area contributed by atoms with E-state index in [9.17, 15) is 18.0 Å². The second-order valence-electron chi connectivity index (χ2n) is 7.16. The molecular weight excluding hydrogens is 406 g/mol. The molecule has 160 valence electrons. The van der Waals surface area contributed by atoms with Crippen molar-refractivity contribution in [1.82, 2.24) is 5.32 Å². The van der Waals surface area contributed by atoms with E-state index in [1.54, 1.807) is 30.3 Å². The molecule has 0 radical (unpaired) electrons. The Morgan fingerprint density at radius 1 is 1.03 bits per heavy atom. The summed E-state index contributed by atoms with van der Waals surface area (Å²) in [4.78, 5) is 24.3. The number of carbonyl (C=O) groups is 2. The van der Waals surface area contributed by atoms with Gasteiger partial charge in [-0.1, -0.05) is 12.1 Å². The standard InChI is InChI=1S/C22H25NO6S/c1-28-20-9-6-15(12-19(20)22(25)29-2)14-23-21(24)10-11-30(26,27)18-8-7-16-4-3-5-17(16)13-18/h6-9,12-13H,3-5,10-11,14H2,1-2H3,(H,23,24). The average Bonchev–Trinajstić information content (AvgIpc) is 3.23. The Kier molecular flexibility index (Phi) is 6.77. The van der Waals surface area contributed by atoms with Crippen LogP contribution in [0.3, 0.4) is 0 Å². The van der Waals surface area contributed by atoms with Gasteiger partial charge in [-0.3, -0.25) is 4.79 Å². The lowest BCUT2D eigenvalue weighted by Crippen LogP contribution is -2.25. The number of fused-ring (bicyclic) bond motifs is 1. The minimum Gasteiger partial charge on any atom is -0.496 e. The van der Waals surface area contributed by atoms with Crippen LogP contribution < -0.4 is 10.1 Å². The minimum absolute atomic E-state index is 0.139. The van der Waals surface area contributed by atoms with Gasteiger partial charge in [0.05, 0.1) is 24.9 Å². The summed E-state index contributed by atoms with van der Waals surface area (Å²) in [5, 5.41) is 2.69. The van der Waals surface area contributed by atoms with Crippen LogP contribution in [0.4, 0.5) is 0 Å². The number of aryl methyl sites for hydroxylation is 2. The number of amides is 1. The first kappa shape index (κ1) is 21.8. The third-order valence-corrected chi connectivity index (χ3v) is 6.90. The average molecular weight is 432 g/mol. The number of esters is 1. The summed E-state index contributed by atoms with van der Waals surface area (Å²) in [6.45, 7) is 0.158. The minimum atomic E-state index is -3.53. The Labute approximate surface area is 176 Å². The van der Waals surface area contributed by atoms with Crippen molar-refractivity contribution in [3.8, 4) is 5.75 Å². The number of benzene rings is 2. The second-order valence-corrected chi connectivity index (χ2v) is 9.27. The summed E-state index contributed by atoms with van der Waals surface area (Å²) >= 11 is 0. The van der Waals surface area contributed by atoms with Gasteiger partial charge < -0.3 is 14.8 Å². The van der Waals surface area contributed by atoms with Crippen molar-refractivity contribution in [3.05, 3.63) is 58.7 Å². The fourth-order valence-corrected chi connectivity index (χ4v) is 4.80. The molecule has 2 aromatic rings. The first-order chi connectivity index (χ1) is 14.3. The van der Waals surface area contributed by atoms with Gasteiger partial charge in [-0.2, -0.15) is 0 Å². The summed E-state index contributed by atoms with van der Waals surface area (Å²) < 4.78 is 35.0. The third kappa shape index (κ3) is 4.99. The van der Waals surface area contributed by atoms with Crippen LogP contribution in [0.2, 0.25) is 0 Å². The van der Waals surface area contributed by atoms with E-state index in [2.05, 4.69) is 5.32 Å². The Morgan fingerprint density at radius 2 is 1.80 bits per heavy atom. The summed E-state index contributed by atoms with van der Waals surface area (Å²) in [5.41, 5.74) is 3.22. The summed E-state index contributed by atoms with van der Waals surface area (Å²) in [5.74, 6) is -0.804. The van der Waals surface area contributed by atoms with Crippen LogP contribution in [0, 0.1) is 0 Å². The first-order valence-electron chi connectivity index (χ1n) is 9.70. The SMILES string of the molecule is COC(=O)c1cc(CNC(=O)CCS(=O)(=O)c2ccc3c(c2)CCC3)ccc1OC. The molecule has 0 fully saturated rings. The van der Waals surface area contributed by atoms with Crippen LogP contribution in [-0.4, -0.2) is 40.3 Å². The number of rotatable bonds is 8. The summed E-state index contributed by atoms with van der Waals surface area (Å²) in [6, 6.07) is 10.1. The number of hydrogen-bond acceptors (Lipinski definition) is 6. The molecule has 0 heterocycles. The van der Waals surface area contributed by atoms with Crippen molar-refractivity contribution in [2.75, 3.05) is 20.0 Å². The first-order valence-corrected chi connectivity index (χ1v) is 11.4. The molecule has 8 heteroatoms. The van der Waals surface area contributed by atoms with Gasteiger partial charge in [0.25, 0.3) is 0 Å². The van der Waals surface area contributed by atoms with E-state index in [1.165, 1.54) is 19.8 Å². The van der Waals surface area contributed by atoms with Crippen LogP contribution in [0.25, 0.3) is 0 Å². The van der Waals surface area contributed by atoms with Crippen LogP contribution in [0.1, 0.15) is 39.9 Å². The zero-order chi connectivity index (χ0) is 21.7. The van der Waals surface area contributed by atoms with Gasteiger partial charge in [0.1, 0.15) is 11.3 Å². The quantitative estimate of drug-likeness (QED) is 0.645. The molecule has 1 aliphatic rings. The van der Waals surface area contributed by atoms with Crippen LogP contribution in [0.5, 0.6) is 5.75 Å². The van der Waals surface area contributed by atoms with Crippen molar-refractivity contribution in [1.29, 1.82) is 0 Å². The van der Waals surface area contributed by atoms with Gasteiger partial charge >= 0.3 is 5.97 Å². The topological polar surface area (TPSA) is 98.8 Å². The monoisotopic (exact) mass is 431 g/mol. The second kappa shape index (κ2) is 9.30. The van der Waals surface area contributed by atoms with Crippen molar-refractivity contribution in [2.24, 2.45) is 0 Å². The normalized spacial score (nSPS) is 12.9. The van der Waals surface area contributed by atoms with E-state index in [1.807, 2.05) is 6.07 Å². The van der Waals surface area contributed by atoms with Gasteiger partial charge in [-0.25, -0.2) is 13.2 Å². The molecule has 0 saturated carbocycles. The zero-order valence-corrected chi connectivity index (χ0v) is 17.9. The van der Waals surface area contributed by atoms with Gasteiger partial charge in [0.2, 0.25) is 5.91 Å². The lowest BCUT2D eigenvalue weighted by atomic mass is 10.1. The predicted octanol–water partition coefficient (Wildman–Crippen LogP) is 2.45. The summed E-state index contributed by atoms with van der Waals surface area (Å²) in [7, 11) is -0.804. The van der Waals surface area contributed by atoms with E-state index >= 15 is 0 Å². The van der Waals surface area contributed by atoms with Gasteiger partial charge in [0, 0.05) is 13.0 Å². The molecular formula is C22H25NO6S. The van der Waals surface area contributed by atoms with Crippen molar-refractivity contribution in [3.63, 3.8) is 0 Å². The van der Waals surface area contributed by atoms with E-state index in [0.717, 1.165) is 24.8 Å². The lowest BCUT2D eigenvalue weighted by molar-refractivity contribution is -0.120. The molecule has 7 nitrogen and oxygen atoms in total. The van der Waals surface area contributed by atoms with Gasteiger partial charge in [-0.15, -0.1) is 0 Å². The highest BCUT2D eigenvalue weighted by molar-refractivity contribution is 7.91. The highest BCUT2D eigenvalue weighted by Crippen LogP contribution is 2.25. The molecule has 0 atom stereocenters. The lowest BCUT2D eigenvalue weighted by Gasteiger charge is -2.10. The fourth-order valence-electron chi connectivity index (χ4n) is 3.51. The van der Waals surface area contributed by atoms with Crippen molar-refractivity contribution in [2.45, 2.75) is 37.1 Å². The fraction of sp³-hybridized carbons (Fsp3) is 0.364. The molecule has 1 amide bonds. The molecule has 0 spiro atoms. The Bertz CT molecular complexity index is 1060. The van der Waals surface area contributed by atoms with E-state index < -0.39 is 15.8 Å². The predicted molar refractivity (Wildman–Crippen MR) is 111 cm³/mol. The van der Waals surface area contributed by atoms with Crippen molar-refractivity contribution >= 4 is 21.7 Å². The Morgan fingerprint density at radius 3 is 2.53 bits per heavy atom. The molecule has 0 bridgehead atoms. The highest BCUT2D eigenvalue weighted by Gasteiger charge is 2.20. The maximum atomic E-state index is 12.6. The number of ether oxygens (including phenoxy) is 2. The van der Waals surface area contributed by atoms with E-state index in [4.69, 9.17) is 9.47 Å². The number of nitrogens with one attached hydrogen (secondary N) is 1. The highest BCUT2D eigenvalue weighted by atomic mass is 32.2. The Hall–Kier alpha value is -2.87. The third-order valence-electron chi connectivity index (χ3n) is 5.19.